The summed E-state index contributed by atoms with van der Waals surface area (Å²) < 4.78 is 6.25. The van der Waals surface area contributed by atoms with Crippen LogP contribution in [0.25, 0.3) is 0 Å². The van der Waals surface area contributed by atoms with Gasteiger partial charge in [0, 0.05) is 39.4 Å². The quantitative estimate of drug-likeness (QED) is 0.637. The van der Waals surface area contributed by atoms with Crippen LogP contribution in [-0.2, 0) is 11.2 Å². The molecule has 3 rings (SSSR count). The lowest BCUT2D eigenvalue weighted by Crippen LogP contribution is -2.24. The molecule has 0 aromatic heterocycles. The van der Waals surface area contributed by atoms with E-state index in [1.807, 2.05) is 0 Å². The van der Waals surface area contributed by atoms with Gasteiger partial charge in [0.15, 0.2) is 11.9 Å². The normalized spacial score (nSPS) is 19.7. The van der Waals surface area contributed by atoms with Gasteiger partial charge in [-0.25, -0.2) is 4.79 Å². The summed E-state index contributed by atoms with van der Waals surface area (Å²) >= 11 is 15.6. The molecule has 0 radical (unpaired) electrons. The van der Waals surface area contributed by atoms with Gasteiger partial charge in [0.05, 0.1) is 5.02 Å². The van der Waals surface area contributed by atoms with Crippen LogP contribution >= 0.6 is 46.7 Å². The Labute approximate surface area is 145 Å². The molecule has 22 heavy (non-hydrogen) atoms. The molecule has 1 aromatic carbocycles. The summed E-state index contributed by atoms with van der Waals surface area (Å²) in [4.78, 5) is 23.4. The standard InChI is InChI=1S/C14H10Cl2O4S2/c15-11-7(8(17)5-10-21-1-2-22-10)3-6-4-9(14(18)19)20-13(6)12(11)16/h3,5,9H,1-2,4H2,(H,18,19). The number of carboxylic acids is 1. The predicted octanol–water partition coefficient (Wildman–Crippen LogP) is 3.89. The van der Waals surface area contributed by atoms with E-state index < -0.39 is 12.1 Å². The van der Waals surface area contributed by atoms with Gasteiger partial charge in [-0.3, -0.25) is 4.79 Å². The third-order valence-electron chi connectivity index (χ3n) is 3.27. The maximum Gasteiger partial charge on any atom is 0.345 e. The van der Waals surface area contributed by atoms with E-state index in [1.54, 1.807) is 35.7 Å². The number of ketones is 1. The number of rotatable bonds is 3. The highest BCUT2D eigenvalue weighted by Crippen LogP contribution is 2.43. The van der Waals surface area contributed by atoms with Crippen LogP contribution in [0.2, 0.25) is 10.0 Å². The maximum absolute atomic E-state index is 12.4. The Hall–Kier alpha value is -0.820. The molecular formula is C14H10Cl2O4S2. The van der Waals surface area contributed by atoms with Gasteiger partial charge in [-0.1, -0.05) is 23.2 Å². The van der Waals surface area contributed by atoms with Gasteiger partial charge in [-0.15, -0.1) is 23.5 Å². The number of aliphatic carboxylic acids is 1. The first-order valence-corrected chi connectivity index (χ1v) is 9.12. The van der Waals surface area contributed by atoms with Gasteiger partial charge in [0.1, 0.15) is 10.8 Å². The minimum absolute atomic E-state index is 0.0939. The molecule has 1 N–H and O–H groups in total. The first kappa shape index (κ1) is 16.1. The minimum Gasteiger partial charge on any atom is -0.478 e. The van der Waals surface area contributed by atoms with Gasteiger partial charge >= 0.3 is 5.97 Å². The van der Waals surface area contributed by atoms with E-state index in [0.717, 1.165) is 15.7 Å². The van der Waals surface area contributed by atoms with Crippen molar-refractivity contribution < 1.29 is 19.4 Å². The molecule has 2 heterocycles. The Balaban J connectivity index is 1.96. The molecule has 1 aromatic rings. The molecule has 1 saturated heterocycles. The van der Waals surface area contributed by atoms with Crippen molar-refractivity contribution in [1.29, 1.82) is 0 Å². The Morgan fingerprint density at radius 1 is 1.27 bits per heavy atom. The van der Waals surface area contributed by atoms with E-state index in [1.165, 1.54) is 0 Å². The van der Waals surface area contributed by atoms with Crippen LogP contribution in [0.3, 0.4) is 0 Å². The summed E-state index contributed by atoms with van der Waals surface area (Å²) in [6.07, 6.45) is 0.729. The lowest BCUT2D eigenvalue weighted by molar-refractivity contribution is -0.144. The molecule has 0 amide bonds. The predicted molar refractivity (Wildman–Crippen MR) is 89.5 cm³/mol. The van der Waals surface area contributed by atoms with Crippen LogP contribution in [0, 0.1) is 0 Å². The summed E-state index contributed by atoms with van der Waals surface area (Å²) in [6, 6.07) is 1.58. The van der Waals surface area contributed by atoms with E-state index in [-0.39, 0.29) is 33.6 Å². The highest BCUT2D eigenvalue weighted by Gasteiger charge is 2.33. The average molecular weight is 377 g/mol. The molecule has 2 aliphatic heterocycles. The third-order valence-corrected chi connectivity index (χ3v) is 6.70. The van der Waals surface area contributed by atoms with Crippen LogP contribution < -0.4 is 4.74 Å². The summed E-state index contributed by atoms with van der Waals surface area (Å²) in [5, 5.41) is 9.22. The number of allylic oxidation sites excluding steroid dienone is 1. The molecule has 2 aliphatic rings. The van der Waals surface area contributed by atoms with Crippen molar-refractivity contribution in [2.45, 2.75) is 12.5 Å². The molecule has 0 spiro atoms. The Bertz CT molecular complexity index is 695. The van der Waals surface area contributed by atoms with Crippen LogP contribution in [0.1, 0.15) is 15.9 Å². The summed E-state index contributed by atoms with van der Waals surface area (Å²) in [6.45, 7) is 0. The maximum atomic E-state index is 12.4. The number of ether oxygens (including phenoxy) is 1. The topological polar surface area (TPSA) is 63.6 Å². The molecule has 0 aliphatic carbocycles. The van der Waals surface area contributed by atoms with Crippen molar-refractivity contribution in [2.24, 2.45) is 0 Å². The Morgan fingerprint density at radius 3 is 2.59 bits per heavy atom. The summed E-state index contributed by atoms with van der Waals surface area (Å²) in [7, 11) is 0. The van der Waals surface area contributed by atoms with Crippen LogP contribution in [-0.4, -0.2) is 34.5 Å². The van der Waals surface area contributed by atoms with Gasteiger partial charge in [-0.2, -0.15) is 0 Å². The fourth-order valence-corrected chi connectivity index (χ4v) is 5.02. The first-order valence-electron chi connectivity index (χ1n) is 6.39. The SMILES string of the molecule is O=C(C=C1SCCS1)c1cc2c(c(Cl)c1Cl)OC(C(=O)O)C2. The van der Waals surface area contributed by atoms with Crippen LogP contribution in [0.4, 0.5) is 0 Å². The number of hydrogen-bond donors (Lipinski definition) is 1. The fraction of sp³-hybridized carbons (Fsp3) is 0.286. The largest absolute Gasteiger partial charge is 0.478 e. The number of thioether (sulfide) groups is 2. The van der Waals surface area contributed by atoms with E-state index in [9.17, 15) is 9.59 Å². The van der Waals surface area contributed by atoms with Gasteiger partial charge in [0.25, 0.3) is 0 Å². The lowest BCUT2D eigenvalue weighted by Gasteiger charge is -2.09. The van der Waals surface area contributed by atoms with Crippen molar-refractivity contribution >= 4 is 58.5 Å². The molecule has 8 heteroatoms. The third kappa shape index (κ3) is 2.97. The molecule has 116 valence electrons. The zero-order chi connectivity index (χ0) is 15.9. The summed E-state index contributed by atoms with van der Waals surface area (Å²) in [5.74, 6) is 0.920. The molecule has 0 saturated carbocycles. The van der Waals surface area contributed by atoms with Crippen LogP contribution in [0.15, 0.2) is 16.4 Å². The number of fused-ring (bicyclic) bond motifs is 1. The summed E-state index contributed by atoms with van der Waals surface area (Å²) in [5.41, 5.74) is 0.871. The van der Waals surface area contributed by atoms with Crippen molar-refractivity contribution in [1.82, 2.24) is 0 Å². The Kier molecular flexibility index (Phi) is 4.64. The minimum atomic E-state index is -1.07. The molecular weight excluding hydrogens is 367 g/mol. The second-order valence-electron chi connectivity index (χ2n) is 4.71. The Morgan fingerprint density at radius 2 is 1.95 bits per heavy atom. The van der Waals surface area contributed by atoms with Gasteiger partial charge in [0.2, 0.25) is 0 Å². The number of carboxylic acid groups (broad SMARTS) is 1. The monoisotopic (exact) mass is 376 g/mol. The molecule has 1 atom stereocenters. The highest BCUT2D eigenvalue weighted by atomic mass is 35.5. The van der Waals surface area contributed by atoms with E-state index >= 15 is 0 Å². The van der Waals surface area contributed by atoms with Crippen LogP contribution in [0.5, 0.6) is 5.75 Å². The van der Waals surface area contributed by atoms with Gasteiger partial charge in [-0.05, 0) is 6.07 Å². The van der Waals surface area contributed by atoms with Gasteiger partial charge < -0.3 is 9.84 Å². The number of carbonyl (C=O) groups is 2. The van der Waals surface area contributed by atoms with E-state index in [0.29, 0.717) is 5.56 Å². The van der Waals surface area contributed by atoms with E-state index in [2.05, 4.69) is 0 Å². The van der Waals surface area contributed by atoms with Crippen molar-refractivity contribution in [2.75, 3.05) is 11.5 Å². The number of benzene rings is 1. The zero-order valence-corrected chi connectivity index (χ0v) is 14.2. The van der Waals surface area contributed by atoms with E-state index in [4.69, 9.17) is 33.0 Å². The number of halogens is 2. The fourth-order valence-electron chi connectivity index (χ4n) is 2.24. The smallest absolute Gasteiger partial charge is 0.345 e. The zero-order valence-electron chi connectivity index (χ0n) is 11.1. The molecule has 0 bridgehead atoms. The van der Waals surface area contributed by atoms with Crippen molar-refractivity contribution in [3.8, 4) is 5.75 Å². The lowest BCUT2D eigenvalue weighted by atomic mass is 10.0. The second-order valence-corrected chi connectivity index (χ2v) is 8.00. The molecule has 4 nitrogen and oxygen atoms in total. The molecule has 1 fully saturated rings. The first-order chi connectivity index (χ1) is 10.5. The molecule has 1 unspecified atom stereocenters. The number of carbonyl (C=O) groups excluding carboxylic acids is 1. The second kappa shape index (κ2) is 6.35. The number of hydrogen-bond acceptors (Lipinski definition) is 5. The van der Waals surface area contributed by atoms with Crippen molar-refractivity contribution in [3.63, 3.8) is 0 Å². The van der Waals surface area contributed by atoms with Crippen molar-refractivity contribution in [3.05, 3.63) is 37.6 Å². The average Bonchev–Trinajstić information content (AvgIpc) is 3.11. The highest BCUT2D eigenvalue weighted by molar-refractivity contribution is 8.25.